The van der Waals surface area contributed by atoms with Gasteiger partial charge in [0, 0.05) is 24.8 Å². The zero-order valence-corrected chi connectivity index (χ0v) is 16.3. The van der Waals surface area contributed by atoms with Gasteiger partial charge in [-0.1, -0.05) is 0 Å². The molecule has 3 rings (SSSR count). The molecular weight excluding hydrogens is 374 g/mol. The molecule has 2 aliphatic rings. The van der Waals surface area contributed by atoms with Gasteiger partial charge in [-0.3, -0.25) is 4.79 Å². The minimum absolute atomic E-state index is 0.000427. The van der Waals surface area contributed by atoms with E-state index in [4.69, 9.17) is 5.26 Å². The second-order valence-corrected chi connectivity index (χ2v) is 7.22. The highest BCUT2D eigenvalue weighted by Gasteiger charge is 2.36. The Bertz CT molecular complexity index is 804. The predicted octanol–water partition coefficient (Wildman–Crippen LogP) is 1.23. The highest BCUT2D eigenvalue weighted by Crippen LogP contribution is 2.21. The van der Waals surface area contributed by atoms with Gasteiger partial charge in [0.2, 0.25) is 5.91 Å². The number of amides is 3. The highest BCUT2D eigenvalue weighted by molar-refractivity contribution is 5.92. The molecule has 3 amide bonds. The molecule has 154 valence electrons. The number of ether oxygens (including phenoxy) is 1. The molecule has 2 aliphatic heterocycles. The van der Waals surface area contributed by atoms with Crippen LogP contribution in [0.5, 0.6) is 0 Å². The number of anilines is 1. The van der Waals surface area contributed by atoms with Crippen LogP contribution in [0.1, 0.15) is 36.0 Å². The number of nitrogens with zero attached hydrogens (tertiary/aromatic N) is 2. The number of esters is 1. The number of benzene rings is 1. The SMILES string of the molecule is COC(=O)c1ccc(NC(=O)NCC2CCC(C(=O)N3CCCC3C#N)N2)cc1. The van der Waals surface area contributed by atoms with Crippen molar-refractivity contribution in [2.45, 2.75) is 43.8 Å². The van der Waals surface area contributed by atoms with Crippen molar-refractivity contribution in [1.82, 2.24) is 15.5 Å². The van der Waals surface area contributed by atoms with Gasteiger partial charge in [0.1, 0.15) is 6.04 Å². The first-order chi connectivity index (χ1) is 14.0. The van der Waals surface area contributed by atoms with Crippen molar-refractivity contribution in [3.05, 3.63) is 29.8 Å². The number of nitrogens with one attached hydrogen (secondary N) is 3. The molecule has 1 aromatic carbocycles. The quantitative estimate of drug-likeness (QED) is 0.640. The smallest absolute Gasteiger partial charge is 0.337 e. The Balaban J connectivity index is 1.42. The minimum atomic E-state index is -0.438. The van der Waals surface area contributed by atoms with Gasteiger partial charge in [-0.05, 0) is 49.9 Å². The number of methoxy groups -OCH3 is 1. The minimum Gasteiger partial charge on any atom is -0.465 e. The van der Waals surface area contributed by atoms with Crippen LogP contribution in [0.15, 0.2) is 24.3 Å². The molecule has 9 nitrogen and oxygen atoms in total. The first-order valence-electron chi connectivity index (χ1n) is 9.71. The summed E-state index contributed by atoms with van der Waals surface area (Å²) in [6, 6.07) is 7.59. The van der Waals surface area contributed by atoms with E-state index in [1.165, 1.54) is 7.11 Å². The molecule has 0 aliphatic carbocycles. The number of urea groups is 1. The molecule has 3 N–H and O–H groups in total. The summed E-state index contributed by atoms with van der Waals surface area (Å²) in [6.45, 7) is 1.02. The third kappa shape index (κ3) is 5.03. The molecule has 2 heterocycles. The molecule has 29 heavy (non-hydrogen) atoms. The summed E-state index contributed by atoms with van der Waals surface area (Å²) < 4.78 is 4.63. The molecule has 2 fully saturated rings. The summed E-state index contributed by atoms with van der Waals surface area (Å²) in [5.41, 5.74) is 0.958. The van der Waals surface area contributed by atoms with Crippen LogP contribution in [0.3, 0.4) is 0 Å². The Kier molecular flexibility index (Phi) is 6.67. The van der Waals surface area contributed by atoms with Gasteiger partial charge in [0.15, 0.2) is 0 Å². The molecule has 0 aromatic heterocycles. The molecule has 0 bridgehead atoms. The van der Waals surface area contributed by atoms with Crippen molar-refractivity contribution in [2.24, 2.45) is 0 Å². The zero-order valence-electron chi connectivity index (χ0n) is 16.3. The number of carbonyl (C=O) groups is 3. The van der Waals surface area contributed by atoms with Crippen LogP contribution in [0.25, 0.3) is 0 Å². The second-order valence-electron chi connectivity index (χ2n) is 7.22. The molecule has 3 atom stereocenters. The predicted molar refractivity (Wildman–Crippen MR) is 105 cm³/mol. The number of nitriles is 1. The Labute approximate surface area is 169 Å². The lowest BCUT2D eigenvalue weighted by atomic mass is 10.1. The summed E-state index contributed by atoms with van der Waals surface area (Å²) in [5, 5.41) is 17.9. The number of likely N-dealkylation sites (tertiary alicyclic amines) is 1. The standard InChI is InChI=1S/C20H25N5O4/c1-29-19(27)13-4-6-14(7-5-13)24-20(28)22-12-15-8-9-17(23-15)18(26)25-10-2-3-16(25)11-21/h4-7,15-17,23H,2-3,8-10,12H2,1H3,(H2,22,24,28). The van der Waals surface area contributed by atoms with E-state index >= 15 is 0 Å². The van der Waals surface area contributed by atoms with E-state index in [0.29, 0.717) is 30.8 Å². The van der Waals surface area contributed by atoms with E-state index in [9.17, 15) is 14.4 Å². The molecule has 3 unspecified atom stereocenters. The second kappa shape index (κ2) is 9.39. The molecule has 0 radical (unpaired) electrons. The fourth-order valence-electron chi connectivity index (χ4n) is 3.74. The van der Waals surface area contributed by atoms with E-state index in [0.717, 1.165) is 19.3 Å². The first kappa shape index (κ1) is 20.6. The van der Waals surface area contributed by atoms with Crippen LogP contribution in [-0.4, -0.2) is 61.1 Å². The first-order valence-corrected chi connectivity index (χ1v) is 9.71. The normalized spacial score (nSPS) is 23.3. The van der Waals surface area contributed by atoms with Crippen molar-refractivity contribution >= 4 is 23.6 Å². The summed E-state index contributed by atoms with van der Waals surface area (Å²) in [6.07, 6.45) is 3.06. The van der Waals surface area contributed by atoms with Gasteiger partial charge in [-0.25, -0.2) is 9.59 Å². The maximum atomic E-state index is 12.6. The van der Waals surface area contributed by atoms with E-state index in [1.807, 2.05) is 0 Å². The van der Waals surface area contributed by atoms with Gasteiger partial charge in [-0.15, -0.1) is 0 Å². The lowest BCUT2D eigenvalue weighted by molar-refractivity contribution is -0.133. The van der Waals surface area contributed by atoms with Crippen LogP contribution < -0.4 is 16.0 Å². The summed E-state index contributed by atoms with van der Waals surface area (Å²) in [4.78, 5) is 37.8. The van der Waals surface area contributed by atoms with Gasteiger partial charge in [0.25, 0.3) is 0 Å². The van der Waals surface area contributed by atoms with Gasteiger partial charge >= 0.3 is 12.0 Å². The molecule has 2 saturated heterocycles. The maximum absolute atomic E-state index is 12.6. The monoisotopic (exact) mass is 399 g/mol. The number of hydrogen-bond donors (Lipinski definition) is 3. The van der Waals surface area contributed by atoms with Gasteiger partial charge < -0.3 is 25.6 Å². The van der Waals surface area contributed by atoms with E-state index < -0.39 is 5.97 Å². The summed E-state index contributed by atoms with van der Waals surface area (Å²) >= 11 is 0. The van der Waals surface area contributed by atoms with Crippen molar-refractivity contribution in [1.29, 1.82) is 5.26 Å². The van der Waals surface area contributed by atoms with Crippen molar-refractivity contribution < 1.29 is 19.1 Å². The average molecular weight is 399 g/mol. The van der Waals surface area contributed by atoms with E-state index in [1.54, 1.807) is 29.2 Å². The fourth-order valence-corrected chi connectivity index (χ4v) is 3.74. The summed E-state index contributed by atoms with van der Waals surface area (Å²) in [7, 11) is 1.31. The third-order valence-electron chi connectivity index (χ3n) is 5.30. The zero-order chi connectivity index (χ0) is 20.8. The number of carbonyl (C=O) groups excluding carboxylic acids is 3. The maximum Gasteiger partial charge on any atom is 0.337 e. The third-order valence-corrected chi connectivity index (χ3v) is 5.30. The summed E-state index contributed by atoms with van der Waals surface area (Å²) in [5.74, 6) is -0.459. The molecule has 1 aromatic rings. The van der Waals surface area contributed by atoms with Crippen LogP contribution in [-0.2, 0) is 9.53 Å². The molecule has 9 heteroatoms. The Morgan fingerprint density at radius 1 is 1.24 bits per heavy atom. The topological polar surface area (TPSA) is 124 Å². The number of rotatable bonds is 5. The van der Waals surface area contributed by atoms with Crippen molar-refractivity contribution in [2.75, 3.05) is 25.5 Å². The van der Waals surface area contributed by atoms with Crippen molar-refractivity contribution in [3.8, 4) is 6.07 Å². The van der Waals surface area contributed by atoms with Gasteiger partial charge in [-0.2, -0.15) is 5.26 Å². The average Bonchev–Trinajstić information content (AvgIpc) is 3.41. The van der Waals surface area contributed by atoms with Gasteiger partial charge in [0.05, 0.1) is 24.8 Å². The highest BCUT2D eigenvalue weighted by atomic mass is 16.5. The fraction of sp³-hybridized carbons (Fsp3) is 0.500. The van der Waals surface area contributed by atoms with Crippen LogP contribution in [0.2, 0.25) is 0 Å². The van der Waals surface area contributed by atoms with E-state index in [2.05, 4.69) is 26.8 Å². The molecular formula is C20H25N5O4. The van der Waals surface area contributed by atoms with Crippen LogP contribution in [0.4, 0.5) is 10.5 Å². The number of hydrogen-bond acceptors (Lipinski definition) is 6. The van der Waals surface area contributed by atoms with Crippen molar-refractivity contribution in [3.63, 3.8) is 0 Å². The Morgan fingerprint density at radius 3 is 2.69 bits per heavy atom. The molecule has 0 saturated carbocycles. The van der Waals surface area contributed by atoms with E-state index in [-0.39, 0.29) is 30.1 Å². The van der Waals surface area contributed by atoms with Crippen LogP contribution >= 0.6 is 0 Å². The lowest BCUT2D eigenvalue weighted by Crippen LogP contribution is -2.48. The largest absolute Gasteiger partial charge is 0.465 e. The lowest BCUT2D eigenvalue weighted by Gasteiger charge is -2.24. The Morgan fingerprint density at radius 2 is 2.00 bits per heavy atom. The Hall–Kier alpha value is -3.12. The molecule has 0 spiro atoms. The van der Waals surface area contributed by atoms with Crippen LogP contribution in [0, 0.1) is 11.3 Å².